The lowest BCUT2D eigenvalue weighted by molar-refractivity contribution is 0.651. The van der Waals surface area contributed by atoms with Crippen molar-refractivity contribution in [3.05, 3.63) is 181 Å². The number of allylic oxidation sites excluding steroid dienone is 4. The van der Waals surface area contributed by atoms with Crippen LogP contribution in [-0.2, 0) is 5.41 Å². The van der Waals surface area contributed by atoms with Crippen LogP contribution < -0.4 is 0 Å². The number of hydrogen-bond acceptors (Lipinski definition) is 3. The predicted molar refractivity (Wildman–Crippen MR) is 172 cm³/mol. The maximum atomic E-state index is 4.38. The molecule has 3 aromatic heterocycles. The second-order valence-electron chi connectivity index (χ2n) is 10.6. The van der Waals surface area contributed by atoms with Crippen LogP contribution in [0.1, 0.15) is 23.1 Å². The summed E-state index contributed by atoms with van der Waals surface area (Å²) in [7, 11) is 0. The third-order valence-corrected chi connectivity index (χ3v) is 8.08. The van der Waals surface area contributed by atoms with Gasteiger partial charge in [0.05, 0.1) is 0 Å². The topological polar surface area (TPSA) is 38.7 Å². The van der Waals surface area contributed by atoms with Crippen molar-refractivity contribution in [1.82, 2.24) is 15.0 Å². The summed E-state index contributed by atoms with van der Waals surface area (Å²) >= 11 is 0. The van der Waals surface area contributed by atoms with Crippen LogP contribution in [0.3, 0.4) is 0 Å². The Labute approximate surface area is 246 Å². The van der Waals surface area contributed by atoms with Gasteiger partial charge < -0.3 is 0 Å². The molecule has 0 amide bonds. The van der Waals surface area contributed by atoms with Crippen molar-refractivity contribution in [2.45, 2.75) is 11.8 Å². The molecule has 0 aliphatic heterocycles. The van der Waals surface area contributed by atoms with Gasteiger partial charge in [-0.1, -0.05) is 91.0 Å². The van der Waals surface area contributed by atoms with E-state index in [2.05, 4.69) is 124 Å². The molecule has 0 N–H and O–H groups in total. The number of rotatable bonds is 6. The molecule has 3 heteroatoms. The summed E-state index contributed by atoms with van der Waals surface area (Å²) in [4.78, 5) is 13.1. The molecule has 0 saturated carbocycles. The SMILES string of the molecule is C1=CC(c2cccc(-c3cccnc3)c2)=CC(c2cccc(-c3cccnc3)c2)(c2cccc(-c3cccnc3)c2)C1. The average molecular weight is 540 g/mol. The first-order valence-electron chi connectivity index (χ1n) is 14.2. The average Bonchev–Trinajstić information content (AvgIpc) is 3.09. The van der Waals surface area contributed by atoms with Gasteiger partial charge in [0.2, 0.25) is 0 Å². The van der Waals surface area contributed by atoms with E-state index in [0.29, 0.717) is 0 Å². The number of hydrogen-bond donors (Lipinski definition) is 0. The lowest BCUT2D eigenvalue weighted by Gasteiger charge is -2.35. The molecule has 0 bridgehead atoms. The molecular formula is C39H29N3. The van der Waals surface area contributed by atoms with Gasteiger partial charge in [0.25, 0.3) is 0 Å². The molecule has 42 heavy (non-hydrogen) atoms. The van der Waals surface area contributed by atoms with E-state index in [1.165, 1.54) is 22.3 Å². The molecule has 7 rings (SSSR count). The summed E-state index contributed by atoms with van der Waals surface area (Å²) in [6.07, 6.45) is 19.1. The van der Waals surface area contributed by atoms with Crippen LogP contribution in [0.15, 0.2) is 165 Å². The molecule has 0 saturated heterocycles. The van der Waals surface area contributed by atoms with Crippen molar-refractivity contribution < 1.29 is 0 Å². The Hall–Kier alpha value is -5.41. The molecule has 3 aromatic carbocycles. The molecule has 0 atom stereocenters. The highest BCUT2D eigenvalue weighted by Crippen LogP contribution is 2.45. The summed E-state index contributed by atoms with van der Waals surface area (Å²) in [5.41, 5.74) is 11.3. The zero-order valence-electron chi connectivity index (χ0n) is 23.1. The summed E-state index contributed by atoms with van der Waals surface area (Å²) in [5, 5.41) is 0. The Morgan fingerprint density at radius 1 is 0.452 bits per heavy atom. The molecule has 200 valence electrons. The van der Waals surface area contributed by atoms with E-state index in [-0.39, 0.29) is 5.41 Å². The highest BCUT2D eigenvalue weighted by molar-refractivity contribution is 5.81. The Morgan fingerprint density at radius 3 is 1.40 bits per heavy atom. The van der Waals surface area contributed by atoms with Crippen molar-refractivity contribution in [3.63, 3.8) is 0 Å². The van der Waals surface area contributed by atoms with Gasteiger partial charge >= 0.3 is 0 Å². The van der Waals surface area contributed by atoms with Crippen LogP contribution in [0.5, 0.6) is 0 Å². The van der Waals surface area contributed by atoms with Crippen LogP contribution in [0, 0.1) is 0 Å². The lowest BCUT2D eigenvalue weighted by atomic mass is 9.68. The van der Waals surface area contributed by atoms with Gasteiger partial charge in [-0.3, -0.25) is 15.0 Å². The first-order chi connectivity index (χ1) is 20.8. The second-order valence-corrected chi connectivity index (χ2v) is 10.6. The largest absolute Gasteiger partial charge is 0.264 e. The van der Waals surface area contributed by atoms with E-state index in [9.17, 15) is 0 Å². The zero-order chi connectivity index (χ0) is 28.2. The highest BCUT2D eigenvalue weighted by atomic mass is 14.6. The first kappa shape index (κ1) is 25.6. The minimum atomic E-state index is -0.370. The molecule has 3 heterocycles. The molecule has 0 radical (unpaired) electrons. The fourth-order valence-electron chi connectivity index (χ4n) is 5.92. The van der Waals surface area contributed by atoms with Gasteiger partial charge in [-0.2, -0.15) is 0 Å². The molecule has 1 aliphatic carbocycles. The van der Waals surface area contributed by atoms with Crippen molar-refractivity contribution in [2.75, 3.05) is 0 Å². The van der Waals surface area contributed by atoms with Crippen LogP contribution in [0.2, 0.25) is 0 Å². The van der Waals surface area contributed by atoms with Crippen molar-refractivity contribution in [1.29, 1.82) is 0 Å². The van der Waals surface area contributed by atoms with Crippen LogP contribution in [-0.4, -0.2) is 15.0 Å². The monoisotopic (exact) mass is 539 g/mol. The highest BCUT2D eigenvalue weighted by Gasteiger charge is 2.34. The fourth-order valence-corrected chi connectivity index (χ4v) is 5.92. The summed E-state index contributed by atoms with van der Waals surface area (Å²) in [6.45, 7) is 0. The van der Waals surface area contributed by atoms with Gasteiger partial charge in [-0.15, -0.1) is 0 Å². The number of benzene rings is 3. The van der Waals surface area contributed by atoms with E-state index in [1.54, 1.807) is 0 Å². The van der Waals surface area contributed by atoms with Crippen molar-refractivity contribution in [2.24, 2.45) is 0 Å². The molecule has 0 spiro atoms. The van der Waals surface area contributed by atoms with E-state index in [4.69, 9.17) is 0 Å². The smallest absolute Gasteiger partial charge is 0.0425 e. The quantitative estimate of drug-likeness (QED) is 0.212. The zero-order valence-corrected chi connectivity index (χ0v) is 23.1. The van der Waals surface area contributed by atoms with Crippen LogP contribution >= 0.6 is 0 Å². The molecular weight excluding hydrogens is 510 g/mol. The minimum absolute atomic E-state index is 0.370. The predicted octanol–water partition coefficient (Wildman–Crippen LogP) is 9.20. The summed E-state index contributed by atoms with van der Waals surface area (Å²) in [6, 6.07) is 38.9. The fraction of sp³-hybridized carbons (Fsp3) is 0.0513. The van der Waals surface area contributed by atoms with Gasteiger partial charge in [0.1, 0.15) is 0 Å². The third kappa shape index (κ3) is 4.97. The second kappa shape index (κ2) is 11.2. The number of pyridine rings is 3. The summed E-state index contributed by atoms with van der Waals surface area (Å²) in [5.74, 6) is 0. The maximum Gasteiger partial charge on any atom is 0.0425 e. The Balaban J connectivity index is 1.40. The van der Waals surface area contributed by atoms with Crippen molar-refractivity contribution >= 4 is 5.57 Å². The Bertz CT molecular complexity index is 1810. The van der Waals surface area contributed by atoms with Crippen LogP contribution in [0.25, 0.3) is 39.0 Å². The standard InChI is InChI=1S/C39H29N3/c1-8-29(22-30(9-1)34-13-5-19-40-26-34)33-12-4-18-39(25-33,37-16-2-10-31(23-37)35-14-6-20-41-27-35)38-17-3-11-32(24-38)36-15-7-21-42-28-36/h1-17,19-28H,18H2. The molecule has 0 fully saturated rings. The van der Waals surface area contributed by atoms with Gasteiger partial charge in [0, 0.05) is 48.2 Å². The normalized spacial score (nSPS) is 13.9. The lowest BCUT2D eigenvalue weighted by Crippen LogP contribution is -2.27. The molecule has 0 unspecified atom stereocenters. The Morgan fingerprint density at radius 2 is 0.905 bits per heavy atom. The van der Waals surface area contributed by atoms with E-state index in [0.717, 1.165) is 39.8 Å². The van der Waals surface area contributed by atoms with E-state index < -0.39 is 0 Å². The number of nitrogens with zero attached hydrogens (tertiary/aromatic N) is 3. The maximum absolute atomic E-state index is 4.38. The van der Waals surface area contributed by atoms with E-state index >= 15 is 0 Å². The van der Waals surface area contributed by atoms with Crippen LogP contribution in [0.4, 0.5) is 0 Å². The van der Waals surface area contributed by atoms with E-state index in [1.807, 2.05) is 55.4 Å². The number of aromatic nitrogens is 3. The molecule has 6 aromatic rings. The van der Waals surface area contributed by atoms with Gasteiger partial charge in [-0.05, 0) is 92.9 Å². The molecule has 1 aliphatic rings. The minimum Gasteiger partial charge on any atom is -0.264 e. The van der Waals surface area contributed by atoms with Crippen molar-refractivity contribution in [3.8, 4) is 33.4 Å². The molecule has 3 nitrogen and oxygen atoms in total. The third-order valence-electron chi connectivity index (χ3n) is 8.08. The first-order valence-corrected chi connectivity index (χ1v) is 14.2. The summed E-state index contributed by atoms with van der Waals surface area (Å²) < 4.78 is 0. The van der Waals surface area contributed by atoms with Gasteiger partial charge in [0.15, 0.2) is 0 Å². The van der Waals surface area contributed by atoms with Gasteiger partial charge in [-0.25, -0.2) is 0 Å². The Kier molecular flexibility index (Phi) is 6.83.